The van der Waals surface area contributed by atoms with Gasteiger partial charge >= 0.3 is 0 Å². The van der Waals surface area contributed by atoms with Gasteiger partial charge in [-0.25, -0.2) is 4.99 Å². The Hall–Kier alpha value is -2.76. The molecule has 1 atom stereocenters. The highest BCUT2D eigenvalue weighted by Gasteiger charge is 2.08. The minimum Gasteiger partial charge on any atom is -0.493 e. The molecule has 0 fully saturated rings. The molecule has 2 N–H and O–H groups in total. The Labute approximate surface area is 155 Å². The van der Waals surface area contributed by atoms with Crippen LogP contribution in [0, 0.1) is 0 Å². The van der Waals surface area contributed by atoms with Gasteiger partial charge in [0, 0.05) is 25.5 Å². The third-order valence-corrected chi connectivity index (χ3v) is 3.68. The number of rotatable bonds is 9. The molecule has 0 aliphatic carbocycles. The lowest BCUT2D eigenvalue weighted by Crippen LogP contribution is -2.39. The van der Waals surface area contributed by atoms with Crippen LogP contribution in [0.4, 0.5) is 0 Å². The van der Waals surface area contributed by atoms with E-state index in [1.807, 2.05) is 50.4 Å². The van der Waals surface area contributed by atoms with Gasteiger partial charge in [-0.05, 0) is 44.0 Å². The molecule has 6 nitrogen and oxygen atoms in total. The van der Waals surface area contributed by atoms with Gasteiger partial charge < -0.3 is 20.1 Å². The lowest BCUT2D eigenvalue weighted by atomic mass is 10.2. The molecule has 1 aromatic heterocycles. The number of benzene rings is 1. The molecule has 1 heterocycles. The molecule has 1 unspecified atom stereocenters. The number of para-hydroxylation sites is 2. The Balaban J connectivity index is 1.84. The fraction of sp³-hybridized carbons (Fsp3) is 0.400. The van der Waals surface area contributed by atoms with Crippen molar-refractivity contribution in [3.8, 4) is 11.5 Å². The summed E-state index contributed by atoms with van der Waals surface area (Å²) < 4.78 is 11.3. The van der Waals surface area contributed by atoms with Crippen molar-refractivity contribution in [2.45, 2.75) is 26.4 Å². The average molecular weight is 356 g/mol. The fourth-order valence-electron chi connectivity index (χ4n) is 2.40. The van der Waals surface area contributed by atoms with Crippen LogP contribution in [0.5, 0.6) is 11.5 Å². The number of aliphatic imine (C=N–C) groups is 1. The Bertz CT molecular complexity index is 677. The number of nitrogens with one attached hydrogen (secondary N) is 2. The number of nitrogens with zero attached hydrogens (tertiary/aromatic N) is 2. The molecule has 0 bridgehead atoms. The Morgan fingerprint density at radius 2 is 1.96 bits per heavy atom. The van der Waals surface area contributed by atoms with Crippen LogP contribution in [0.25, 0.3) is 0 Å². The zero-order valence-corrected chi connectivity index (χ0v) is 15.7. The second-order valence-electron chi connectivity index (χ2n) is 5.84. The van der Waals surface area contributed by atoms with Crippen molar-refractivity contribution in [3.63, 3.8) is 0 Å². The Kier molecular flexibility index (Phi) is 8.26. The van der Waals surface area contributed by atoms with E-state index < -0.39 is 0 Å². The van der Waals surface area contributed by atoms with E-state index in [2.05, 4.69) is 26.7 Å². The first-order valence-corrected chi connectivity index (χ1v) is 8.93. The molecule has 0 saturated heterocycles. The summed E-state index contributed by atoms with van der Waals surface area (Å²) in [5.74, 6) is 2.24. The van der Waals surface area contributed by atoms with E-state index in [1.165, 1.54) is 5.56 Å². The van der Waals surface area contributed by atoms with E-state index in [9.17, 15) is 0 Å². The molecule has 2 aromatic rings. The summed E-state index contributed by atoms with van der Waals surface area (Å²) in [5, 5.41) is 6.60. The summed E-state index contributed by atoms with van der Waals surface area (Å²) in [6.45, 7) is 6.18. The molecule has 0 radical (unpaired) electrons. The van der Waals surface area contributed by atoms with Gasteiger partial charge in [-0.2, -0.15) is 0 Å². The average Bonchev–Trinajstić information content (AvgIpc) is 2.67. The van der Waals surface area contributed by atoms with Gasteiger partial charge in [-0.15, -0.1) is 0 Å². The number of pyridine rings is 1. The van der Waals surface area contributed by atoms with E-state index in [0.29, 0.717) is 6.54 Å². The quantitative estimate of drug-likeness (QED) is 0.534. The van der Waals surface area contributed by atoms with Gasteiger partial charge in [0.15, 0.2) is 17.5 Å². The van der Waals surface area contributed by atoms with Gasteiger partial charge in [-0.1, -0.05) is 18.2 Å². The first kappa shape index (κ1) is 19.6. The maximum Gasteiger partial charge on any atom is 0.191 e. The standard InChI is InChI=1S/C20H28N4O2/c1-4-22-20(23-13-11-17-8-7-12-21-15-17)24-14-16(2)26-19-10-6-5-9-18(19)25-3/h5-10,12,15-16H,4,11,13-14H2,1-3H3,(H2,22,23,24). The van der Waals surface area contributed by atoms with Crippen molar-refractivity contribution < 1.29 is 9.47 Å². The van der Waals surface area contributed by atoms with Crippen LogP contribution in [-0.4, -0.2) is 43.8 Å². The van der Waals surface area contributed by atoms with Gasteiger partial charge in [0.25, 0.3) is 0 Å². The summed E-state index contributed by atoms with van der Waals surface area (Å²) >= 11 is 0. The minimum absolute atomic E-state index is 0.0694. The monoisotopic (exact) mass is 356 g/mol. The zero-order chi connectivity index (χ0) is 18.6. The maximum atomic E-state index is 5.94. The second-order valence-corrected chi connectivity index (χ2v) is 5.84. The van der Waals surface area contributed by atoms with Gasteiger partial charge in [0.05, 0.1) is 13.7 Å². The van der Waals surface area contributed by atoms with Crippen LogP contribution < -0.4 is 20.1 Å². The third kappa shape index (κ3) is 6.63. The molecule has 26 heavy (non-hydrogen) atoms. The predicted molar refractivity (Wildman–Crippen MR) is 105 cm³/mol. The Morgan fingerprint density at radius 1 is 1.15 bits per heavy atom. The minimum atomic E-state index is -0.0694. The summed E-state index contributed by atoms with van der Waals surface area (Å²) in [7, 11) is 1.64. The maximum absolute atomic E-state index is 5.94. The van der Waals surface area contributed by atoms with E-state index in [1.54, 1.807) is 13.3 Å². The Morgan fingerprint density at radius 3 is 2.65 bits per heavy atom. The van der Waals surface area contributed by atoms with Gasteiger partial charge in [0.2, 0.25) is 0 Å². The van der Waals surface area contributed by atoms with E-state index in [0.717, 1.165) is 37.0 Å². The molecule has 140 valence electrons. The van der Waals surface area contributed by atoms with Crippen molar-refractivity contribution in [2.75, 3.05) is 26.7 Å². The summed E-state index contributed by atoms with van der Waals surface area (Å²) in [6.07, 6.45) is 4.49. The summed E-state index contributed by atoms with van der Waals surface area (Å²) in [4.78, 5) is 8.74. The number of ether oxygens (including phenoxy) is 2. The summed E-state index contributed by atoms with van der Waals surface area (Å²) in [5.41, 5.74) is 1.20. The smallest absolute Gasteiger partial charge is 0.191 e. The number of guanidine groups is 1. The highest BCUT2D eigenvalue weighted by molar-refractivity contribution is 5.79. The summed E-state index contributed by atoms with van der Waals surface area (Å²) in [6, 6.07) is 11.7. The van der Waals surface area contributed by atoms with Crippen molar-refractivity contribution >= 4 is 5.96 Å². The van der Waals surface area contributed by atoms with Gasteiger partial charge in [-0.3, -0.25) is 4.98 Å². The lowest BCUT2D eigenvalue weighted by molar-refractivity contribution is 0.219. The first-order chi connectivity index (χ1) is 12.7. The number of hydrogen-bond donors (Lipinski definition) is 2. The normalized spacial score (nSPS) is 12.3. The van der Waals surface area contributed by atoms with Crippen molar-refractivity contribution in [1.29, 1.82) is 0 Å². The highest BCUT2D eigenvalue weighted by atomic mass is 16.5. The zero-order valence-electron chi connectivity index (χ0n) is 15.7. The molecule has 6 heteroatoms. The molecule has 0 aliphatic rings. The number of aromatic nitrogens is 1. The van der Waals surface area contributed by atoms with Crippen LogP contribution in [0.3, 0.4) is 0 Å². The van der Waals surface area contributed by atoms with Gasteiger partial charge in [0.1, 0.15) is 6.10 Å². The largest absolute Gasteiger partial charge is 0.493 e. The molecular formula is C20H28N4O2. The van der Waals surface area contributed by atoms with Crippen molar-refractivity contribution in [1.82, 2.24) is 15.6 Å². The number of methoxy groups -OCH3 is 1. The molecule has 0 amide bonds. The highest BCUT2D eigenvalue weighted by Crippen LogP contribution is 2.26. The molecule has 1 aromatic carbocycles. The topological polar surface area (TPSA) is 67.8 Å². The second kappa shape index (κ2) is 11.0. The van der Waals surface area contributed by atoms with Crippen LogP contribution in [0.2, 0.25) is 0 Å². The van der Waals surface area contributed by atoms with Crippen molar-refractivity contribution in [2.24, 2.45) is 4.99 Å². The predicted octanol–water partition coefficient (Wildman–Crippen LogP) is 2.66. The van der Waals surface area contributed by atoms with E-state index >= 15 is 0 Å². The molecule has 2 rings (SSSR count). The molecule has 0 saturated carbocycles. The third-order valence-electron chi connectivity index (χ3n) is 3.68. The first-order valence-electron chi connectivity index (χ1n) is 8.93. The van der Waals surface area contributed by atoms with Crippen LogP contribution >= 0.6 is 0 Å². The molecule has 0 spiro atoms. The fourth-order valence-corrected chi connectivity index (χ4v) is 2.40. The number of hydrogen-bond acceptors (Lipinski definition) is 4. The van der Waals surface area contributed by atoms with Crippen LogP contribution in [0.15, 0.2) is 53.8 Å². The SMILES string of the molecule is CCNC(=NCC(C)Oc1ccccc1OC)NCCc1cccnc1. The van der Waals surface area contributed by atoms with Crippen LogP contribution in [-0.2, 0) is 6.42 Å². The molecule has 0 aliphatic heterocycles. The van der Waals surface area contributed by atoms with Crippen molar-refractivity contribution in [3.05, 3.63) is 54.4 Å². The van der Waals surface area contributed by atoms with Crippen LogP contribution in [0.1, 0.15) is 19.4 Å². The van der Waals surface area contributed by atoms with E-state index in [-0.39, 0.29) is 6.10 Å². The lowest BCUT2D eigenvalue weighted by Gasteiger charge is -2.16. The van der Waals surface area contributed by atoms with E-state index in [4.69, 9.17) is 9.47 Å². The molecular weight excluding hydrogens is 328 g/mol.